The highest BCUT2D eigenvalue weighted by Crippen LogP contribution is 2.30. The molecule has 0 N–H and O–H groups in total. The minimum atomic E-state index is 0.237. The van der Waals surface area contributed by atoms with E-state index < -0.39 is 0 Å². The van der Waals surface area contributed by atoms with Crippen molar-refractivity contribution in [3.05, 3.63) is 22.4 Å². The van der Waals surface area contributed by atoms with E-state index in [-0.39, 0.29) is 5.78 Å². The van der Waals surface area contributed by atoms with Crippen LogP contribution in [0, 0.1) is 0 Å². The third kappa shape index (κ3) is 2.45. The number of carbonyl (C=O) groups excluding carboxylic acids is 1. The maximum atomic E-state index is 11.7. The Hall–Kier alpha value is -0.710. The van der Waals surface area contributed by atoms with E-state index in [0.29, 0.717) is 13.0 Å². The lowest BCUT2D eigenvalue weighted by atomic mass is 10.2. The van der Waals surface area contributed by atoms with Gasteiger partial charge in [0, 0.05) is 29.5 Å². The summed E-state index contributed by atoms with van der Waals surface area (Å²) in [5.74, 6) is 0.237. The first-order valence-corrected chi connectivity index (χ1v) is 6.50. The number of methoxy groups -OCH3 is 1. The van der Waals surface area contributed by atoms with Gasteiger partial charge in [-0.2, -0.15) is 0 Å². The highest BCUT2D eigenvalue weighted by atomic mass is 32.1. The Morgan fingerprint density at radius 3 is 3.07 bits per heavy atom. The number of hydrogen-bond donors (Lipinski definition) is 0. The first kappa shape index (κ1) is 10.8. The number of ether oxygens (including phenoxy) is 1. The van der Waals surface area contributed by atoms with Gasteiger partial charge in [-0.15, -0.1) is 22.7 Å². The predicted octanol–water partition coefficient (Wildman–Crippen LogP) is 3.57. The average Bonchev–Trinajstić information content (AvgIpc) is 2.76. The number of Topliss-reactive ketones (excluding diaryl/α,β-unsaturated/α-hetero) is 1. The van der Waals surface area contributed by atoms with Crippen LogP contribution in [-0.4, -0.2) is 19.5 Å². The summed E-state index contributed by atoms with van der Waals surface area (Å²) < 4.78 is 7.36. The van der Waals surface area contributed by atoms with E-state index in [1.165, 1.54) is 9.40 Å². The van der Waals surface area contributed by atoms with Crippen LogP contribution < -0.4 is 0 Å². The van der Waals surface area contributed by atoms with Gasteiger partial charge in [-0.1, -0.05) is 0 Å². The van der Waals surface area contributed by atoms with Crippen LogP contribution in [0.1, 0.15) is 22.5 Å². The van der Waals surface area contributed by atoms with Crippen molar-refractivity contribution in [2.75, 3.05) is 13.7 Å². The lowest BCUT2D eigenvalue weighted by Crippen LogP contribution is -1.98. The molecular weight excluding hydrogens is 228 g/mol. The Morgan fingerprint density at radius 1 is 1.47 bits per heavy atom. The van der Waals surface area contributed by atoms with Crippen LogP contribution in [0.2, 0.25) is 0 Å². The summed E-state index contributed by atoms with van der Waals surface area (Å²) in [6.45, 7) is 0.658. The molecule has 0 aliphatic rings. The largest absolute Gasteiger partial charge is 0.385 e. The summed E-state index contributed by atoms with van der Waals surface area (Å²) in [6.07, 6.45) is 1.39. The molecular formula is C11H12O2S2. The average molecular weight is 240 g/mol. The summed E-state index contributed by atoms with van der Waals surface area (Å²) >= 11 is 3.28. The van der Waals surface area contributed by atoms with Gasteiger partial charge in [-0.05, 0) is 23.9 Å². The molecule has 0 atom stereocenters. The van der Waals surface area contributed by atoms with Crippen LogP contribution in [0.25, 0.3) is 9.40 Å². The smallest absolute Gasteiger partial charge is 0.172 e. The van der Waals surface area contributed by atoms with Gasteiger partial charge < -0.3 is 4.74 Å². The van der Waals surface area contributed by atoms with Crippen LogP contribution in [0.3, 0.4) is 0 Å². The maximum absolute atomic E-state index is 11.7. The zero-order valence-electron chi connectivity index (χ0n) is 8.49. The molecule has 2 rings (SSSR count). The van der Waals surface area contributed by atoms with Gasteiger partial charge >= 0.3 is 0 Å². The Morgan fingerprint density at radius 2 is 2.33 bits per heavy atom. The van der Waals surface area contributed by atoms with Crippen molar-refractivity contribution in [3.8, 4) is 0 Å². The van der Waals surface area contributed by atoms with Gasteiger partial charge in [0.2, 0.25) is 0 Å². The first-order chi connectivity index (χ1) is 7.31. The van der Waals surface area contributed by atoms with Gasteiger partial charge in [0.15, 0.2) is 5.78 Å². The Labute approximate surface area is 96.5 Å². The van der Waals surface area contributed by atoms with Gasteiger partial charge in [0.25, 0.3) is 0 Å². The van der Waals surface area contributed by atoms with Crippen LogP contribution in [0.5, 0.6) is 0 Å². The minimum absolute atomic E-state index is 0.237. The van der Waals surface area contributed by atoms with E-state index >= 15 is 0 Å². The van der Waals surface area contributed by atoms with E-state index in [4.69, 9.17) is 4.74 Å². The maximum Gasteiger partial charge on any atom is 0.172 e. The summed E-state index contributed by atoms with van der Waals surface area (Å²) in [6, 6.07) is 4.07. The van der Waals surface area contributed by atoms with Crippen LogP contribution >= 0.6 is 22.7 Å². The topological polar surface area (TPSA) is 26.3 Å². The molecule has 80 valence electrons. The molecule has 0 spiro atoms. The fraction of sp³-hybridized carbons (Fsp3) is 0.364. The van der Waals surface area contributed by atoms with Gasteiger partial charge in [-0.3, -0.25) is 4.79 Å². The third-order valence-electron chi connectivity index (χ3n) is 2.17. The normalized spacial score (nSPS) is 11.0. The van der Waals surface area contributed by atoms with Crippen molar-refractivity contribution in [2.45, 2.75) is 12.8 Å². The molecule has 2 aromatic heterocycles. The quantitative estimate of drug-likeness (QED) is 0.590. The Kier molecular flexibility index (Phi) is 3.51. The molecule has 0 amide bonds. The standard InChI is InChI=1S/C11H12O2S2/c1-13-5-2-3-8(12)10-7-11-9(15-10)4-6-14-11/h4,6-7H,2-3,5H2,1H3. The lowest BCUT2D eigenvalue weighted by Gasteiger charge is -1.96. The van der Waals surface area contributed by atoms with Crippen molar-refractivity contribution in [1.29, 1.82) is 0 Å². The number of ketones is 1. The van der Waals surface area contributed by atoms with E-state index in [2.05, 4.69) is 11.4 Å². The number of thiophene rings is 2. The van der Waals surface area contributed by atoms with Crippen LogP contribution in [-0.2, 0) is 4.74 Å². The van der Waals surface area contributed by atoms with Crippen molar-refractivity contribution < 1.29 is 9.53 Å². The molecule has 0 saturated heterocycles. The van der Waals surface area contributed by atoms with E-state index in [1.807, 2.05) is 6.07 Å². The van der Waals surface area contributed by atoms with Crippen molar-refractivity contribution in [3.63, 3.8) is 0 Å². The molecule has 0 aliphatic carbocycles. The van der Waals surface area contributed by atoms with E-state index in [1.54, 1.807) is 29.8 Å². The van der Waals surface area contributed by atoms with Crippen molar-refractivity contribution in [1.82, 2.24) is 0 Å². The third-order valence-corrected chi connectivity index (χ3v) is 4.30. The zero-order chi connectivity index (χ0) is 10.7. The molecule has 0 radical (unpaired) electrons. The van der Waals surface area contributed by atoms with Gasteiger partial charge in [0.1, 0.15) is 0 Å². The van der Waals surface area contributed by atoms with Crippen molar-refractivity contribution >= 4 is 37.9 Å². The number of fused-ring (bicyclic) bond motifs is 1. The SMILES string of the molecule is COCCCC(=O)c1cc2sccc2s1. The Bertz CT molecular complexity index is 427. The molecule has 4 heteroatoms. The molecule has 0 aromatic carbocycles. The molecule has 0 bridgehead atoms. The Balaban J connectivity index is 2.04. The fourth-order valence-electron chi connectivity index (χ4n) is 1.40. The molecule has 2 heterocycles. The highest BCUT2D eigenvalue weighted by Gasteiger charge is 2.10. The number of hydrogen-bond acceptors (Lipinski definition) is 4. The van der Waals surface area contributed by atoms with Crippen molar-refractivity contribution in [2.24, 2.45) is 0 Å². The van der Waals surface area contributed by atoms with E-state index in [0.717, 1.165) is 11.3 Å². The van der Waals surface area contributed by atoms with Crippen LogP contribution in [0.4, 0.5) is 0 Å². The highest BCUT2D eigenvalue weighted by molar-refractivity contribution is 7.27. The molecule has 0 saturated carbocycles. The summed E-state index contributed by atoms with van der Waals surface area (Å²) in [5.41, 5.74) is 0. The number of rotatable bonds is 5. The van der Waals surface area contributed by atoms with Crippen LogP contribution in [0.15, 0.2) is 17.5 Å². The second-order valence-corrected chi connectivity index (χ2v) is 5.31. The molecule has 0 unspecified atom stereocenters. The lowest BCUT2D eigenvalue weighted by molar-refractivity contribution is 0.0967. The second-order valence-electron chi connectivity index (χ2n) is 3.28. The molecule has 2 nitrogen and oxygen atoms in total. The van der Waals surface area contributed by atoms with Gasteiger partial charge in [0.05, 0.1) is 4.88 Å². The molecule has 0 fully saturated rings. The molecule has 2 aromatic rings. The monoisotopic (exact) mass is 240 g/mol. The summed E-state index contributed by atoms with van der Waals surface area (Å²) in [4.78, 5) is 12.6. The first-order valence-electron chi connectivity index (χ1n) is 4.80. The predicted molar refractivity (Wildman–Crippen MR) is 65.1 cm³/mol. The summed E-state index contributed by atoms with van der Waals surface area (Å²) in [7, 11) is 1.66. The minimum Gasteiger partial charge on any atom is -0.385 e. The van der Waals surface area contributed by atoms with E-state index in [9.17, 15) is 4.79 Å². The fourth-order valence-corrected chi connectivity index (χ4v) is 3.48. The molecule has 15 heavy (non-hydrogen) atoms. The zero-order valence-corrected chi connectivity index (χ0v) is 10.1. The molecule has 0 aliphatic heterocycles. The second kappa shape index (κ2) is 4.88. The number of carbonyl (C=O) groups is 1. The summed E-state index contributed by atoms with van der Waals surface area (Å²) in [5, 5.41) is 2.06. The van der Waals surface area contributed by atoms with Gasteiger partial charge in [-0.25, -0.2) is 0 Å².